The number of rotatable bonds is 16. The van der Waals surface area contributed by atoms with E-state index in [0.29, 0.717) is 31.8 Å². The summed E-state index contributed by atoms with van der Waals surface area (Å²) in [5.41, 5.74) is -1.35. The molecule has 0 bridgehead atoms. The van der Waals surface area contributed by atoms with Crippen LogP contribution in [0.4, 0.5) is 0 Å². The van der Waals surface area contributed by atoms with Crippen LogP contribution in [-0.4, -0.2) is 107 Å². The summed E-state index contributed by atoms with van der Waals surface area (Å²) in [4.78, 5) is 57.7. The van der Waals surface area contributed by atoms with Gasteiger partial charge >= 0.3 is 0 Å². The number of carbonyl (C=O) groups is 4. The molecule has 4 unspecified atom stereocenters. The van der Waals surface area contributed by atoms with Gasteiger partial charge in [-0.05, 0) is 53.3 Å². The highest BCUT2D eigenvalue weighted by atomic mass is 16.3. The third-order valence-electron chi connectivity index (χ3n) is 10.2. The highest BCUT2D eigenvalue weighted by Crippen LogP contribution is 2.65. The second-order valence-corrected chi connectivity index (χ2v) is 16.8. The molecule has 12 heteroatoms. The summed E-state index contributed by atoms with van der Waals surface area (Å²) in [6.07, 6.45) is 1.89. The summed E-state index contributed by atoms with van der Waals surface area (Å²) < 4.78 is 0. The third-order valence-corrected chi connectivity index (χ3v) is 10.2. The van der Waals surface area contributed by atoms with Gasteiger partial charge < -0.3 is 30.6 Å². The highest BCUT2D eigenvalue weighted by molar-refractivity contribution is 5.92. The average Bonchev–Trinajstić information content (AvgIpc) is 3.82. The van der Waals surface area contributed by atoms with Gasteiger partial charge in [-0.1, -0.05) is 74.8 Å². The Balaban J connectivity index is 1.80. The van der Waals surface area contributed by atoms with Crippen LogP contribution in [-0.2, 0) is 19.2 Å². The van der Waals surface area contributed by atoms with Crippen molar-refractivity contribution in [3.05, 3.63) is 12.7 Å². The van der Waals surface area contributed by atoms with E-state index in [1.165, 1.54) is 6.08 Å². The second-order valence-electron chi connectivity index (χ2n) is 16.8. The van der Waals surface area contributed by atoms with Crippen LogP contribution in [0.25, 0.3) is 0 Å². The van der Waals surface area contributed by atoms with E-state index >= 15 is 0 Å². The van der Waals surface area contributed by atoms with Crippen LogP contribution >= 0.6 is 0 Å². The summed E-state index contributed by atoms with van der Waals surface area (Å²) in [5, 5.41) is 33.7. The summed E-state index contributed by atoms with van der Waals surface area (Å²) in [6, 6.07) is -3.25. The van der Waals surface area contributed by atoms with Crippen LogP contribution in [0.5, 0.6) is 0 Å². The van der Waals surface area contributed by atoms with Crippen LogP contribution in [0.2, 0.25) is 0 Å². The lowest BCUT2D eigenvalue weighted by Gasteiger charge is -2.40. The van der Waals surface area contributed by atoms with Crippen molar-refractivity contribution in [3.63, 3.8) is 0 Å². The van der Waals surface area contributed by atoms with Crippen molar-refractivity contribution >= 4 is 23.6 Å². The maximum absolute atomic E-state index is 14.4. The van der Waals surface area contributed by atoms with E-state index < -0.39 is 59.3 Å². The smallest absolute Gasteiger partial charge is 0.251 e. The van der Waals surface area contributed by atoms with Crippen LogP contribution in [0, 0.1) is 34.0 Å². The first-order valence-electron chi connectivity index (χ1n) is 17.3. The van der Waals surface area contributed by atoms with Crippen molar-refractivity contribution in [3.8, 4) is 0 Å². The number of aliphatic hydroxyl groups excluding tert-OH is 2. The summed E-state index contributed by atoms with van der Waals surface area (Å²) in [5.74, 6) is -0.917. The first-order chi connectivity index (χ1) is 21.7. The molecule has 8 atom stereocenters. The van der Waals surface area contributed by atoms with Crippen LogP contribution in [0.15, 0.2) is 12.7 Å². The predicted octanol–water partition coefficient (Wildman–Crippen LogP) is 1.57. The lowest BCUT2D eigenvalue weighted by molar-refractivity contribution is -0.146. The molecule has 2 aliphatic carbocycles. The minimum Gasteiger partial charge on any atom is -0.381 e. The number of likely N-dealkylation sites (tertiary alicyclic amines) is 1. The summed E-state index contributed by atoms with van der Waals surface area (Å²) >= 11 is 0. The van der Waals surface area contributed by atoms with E-state index in [4.69, 9.17) is 0 Å². The molecule has 4 amide bonds. The lowest BCUT2D eigenvalue weighted by atomic mass is 9.84. The quantitative estimate of drug-likeness (QED) is 0.107. The fourth-order valence-electron chi connectivity index (χ4n) is 7.07. The van der Waals surface area contributed by atoms with E-state index in [2.05, 4.69) is 41.7 Å². The van der Waals surface area contributed by atoms with Crippen LogP contribution in [0.1, 0.15) is 88.0 Å². The van der Waals surface area contributed by atoms with E-state index in [1.807, 2.05) is 48.5 Å². The molecule has 0 aromatic carbocycles. The van der Waals surface area contributed by atoms with Crippen molar-refractivity contribution in [1.82, 2.24) is 31.1 Å². The van der Waals surface area contributed by atoms with E-state index in [0.717, 1.165) is 12.8 Å². The topological polar surface area (TPSA) is 163 Å². The molecule has 47 heavy (non-hydrogen) atoms. The second kappa shape index (κ2) is 14.9. The molecule has 3 rings (SSSR count). The number of hydrogen-bond acceptors (Lipinski definition) is 8. The number of carbonyl (C=O) groups excluding carboxylic acids is 4. The van der Waals surface area contributed by atoms with Gasteiger partial charge in [0.1, 0.15) is 6.04 Å². The lowest BCUT2D eigenvalue weighted by Crippen LogP contribution is -2.65. The Morgan fingerprint density at radius 3 is 2.11 bits per heavy atom. The average molecular weight is 663 g/mol. The Hall–Kier alpha value is -2.54. The van der Waals surface area contributed by atoms with E-state index in [-0.39, 0.29) is 35.6 Å². The molecular formula is C35H62N6O6. The maximum atomic E-state index is 14.4. The Labute approximate surface area is 281 Å². The maximum Gasteiger partial charge on any atom is 0.251 e. The third kappa shape index (κ3) is 9.33. The van der Waals surface area contributed by atoms with Gasteiger partial charge in [-0.3, -0.25) is 29.8 Å². The molecule has 0 aromatic rings. The number of nitrogens with one attached hydrogen (secondary N) is 4. The number of amides is 4. The fourth-order valence-corrected chi connectivity index (χ4v) is 7.07. The number of likely N-dealkylation sites (N-methyl/N-ethyl adjacent to an activating group) is 1. The summed E-state index contributed by atoms with van der Waals surface area (Å²) in [7, 11) is 1.78. The Bertz CT molecular complexity index is 1160. The zero-order chi connectivity index (χ0) is 35.6. The van der Waals surface area contributed by atoms with E-state index in [1.54, 1.807) is 16.8 Å². The van der Waals surface area contributed by atoms with Gasteiger partial charge in [0.15, 0.2) is 12.5 Å². The van der Waals surface area contributed by atoms with Gasteiger partial charge in [0.05, 0.1) is 18.1 Å². The van der Waals surface area contributed by atoms with Crippen molar-refractivity contribution in [2.75, 3.05) is 26.7 Å². The van der Waals surface area contributed by atoms with Crippen molar-refractivity contribution < 1.29 is 29.4 Å². The first-order valence-corrected chi connectivity index (χ1v) is 17.3. The van der Waals surface area contributed by atoms with Gasteiger partial charge in [-0.2, -0.15) is 0 Å². The molecule has 0 radical (unpaired) electrons. The van der Waals surface area contributed by atoms with Gasteiger partial charge in [0.2, 0.25) is 17.7 Å². The molecular weight excluding hydrogens is 600 g/mol. The van der Waals surface area contributed by atoms with Gasteiger partial charge in [0.25, 0.3) is 5.91 Å². The molecule has 6 N–H and O–H groups in total. The number of hydrogen-bond donors (Lipinski definition) is 6. The summed E-state index contributed by atoms with van der Waals surface area (Å²) in [6.45, 7) is 22.3. The number of fused-ring (bicyclic) bond motifs is 1. The highest BCUT2D eigenvalue weighted by Gasteiger charge is 2.69. The zero-order valence-corrected chi connectivity index (χ0v) is 30.4. The first kappa shape index (κ1) is 38.9. The minimum atomic E-state index is -1.46. The zero-order valence-electron chi connectivity index (χ0n) is 30.4. The number of nitrogens with zero attached hydrogens (tertiary/aromatic N) is 2. The molecule has 3 aliphatic rings. The van der Waals surface area contributed by atoms with Crippen LogP contribution < -0.4 is 21.3 Å². The molecule has 0 spiro atoms. The standard InChI is InChI=1S/C35H62N6O6/c1-12-14-22(25(42)29(44)36-17-13-2)37-28(43)24-23-21(35(23,9)10)19-41(24)31(46)27(34(6,7)8)39-32(47)38-26(33(3,4)5)30(45)40(11)18-20-15-16-20/h13,20-27,32,38-39,42,47H,2,12,14-19H2,1,3-11H3,(H,36,44)(H,37,43)/t21-,22?,23-,24?,25?,26+,27+,32?/m0/s1. The van der Waals surface area contributed by atoms with Gasteiger partial charge in [-0.15, -0.1) is 6.58 Å². The number of aliphatic hydroxyl groups is 2. The normalized spacial score (nSPS) is 25.1. The minimum absolute atomic E-state index is 0.0889. The monoisotopic (exact) mass is 662 g/mol. The number of piperidine rings is 1. The fraction of sp³-hybridized carbons (Fsp3) is 0.829. The van der Waals surface area contributed by atoms with Crippen molar-refractivity contribution in [2.45, 2.75) is 125 Å². The molecule has 2 saturated carbocycles. The molecule has 3 fully saturated rings. The molecule has 12 nitrogen and oxygen atoms in total. The Kier molecular flexibility index (Phi) is 12.4. The Morgan fingerprint density at radius 2 is 1.60 bits per heavy atom. The van der Waals surface area contributed by atoms with Gasteiger partial charge in [0, 0.05) is 26.7 Å². The van der Waals surface area contributed by atoms with Crippen molar-refractivity contribution in [1.29, 1.82) is 0 Å². The molecule has 1 aliphatic heterocycles. The largest absolute Gasteiger partial charge is 0.381 e. The van der Waals surface area contributed by atoms with Crippen molar-refractivity contribution in [2.24, 2.45) is 34.0 Å². The predicted molar refractivity (Wildman–Crippen MR) is 181 cm³/mol. The molecule has 268 valence electrons. The molecule has 0 aromatic heterocycles. The molecule has 1 saturated heterocycles. The SMILES string of the molecule is C=CCNC(=O)C(O)C(CCC)NC(=O)C1[C@@H]2[C@H](CN1C(=O)[C@@H](NC(O)N[C@H](C(=O)N(C)CC1CC1)C(C)(C)C)C(C)(C)C)C2(C)C. The van der Waals surface area contributed by atoms with E-state index in [9.17, 15) is 29.4 Å². The Morgan fingerprint density at radius 1 is 1.02 bits per heavy atom. The van der Waals surface area contributed by atoms with Crippen LogP contribution in [0.3, 0.4) is 0 Å². The van der Waals surface area contributed by atoms with Gasteiger partial charge in [-0.25, -0.2) is 0 Å². The molecule has 1 heterocycles.